The predicted molar refractivity (Wildman–Crippen MR) is 85.7 cm³/mol. The van der Waals surface area contributed by atoms with Gasteiger partial charge in [-0.05, 0) is 42.5 Å². The van der Waals surface area contributed by atoms with E-state index in [1.807, 2.05) is 32.0 Å². The summed E-state index contributed by atoms with van der Waals surface area (Å²) in [5.74, 6) is 0.509. The van der Waals surface area contributed by atoms with Crippen LogP contribution in [-0.4, -0.2) is 21.0 Å². The molecule has 0 heterocycles. The molecule has 0 bridgehead atoms. The number of rotatable bonds is 8. The number of aryl methyl sites for hydroxylation is 1. The molecule has 1 aromatic rings. The number of sulfonamides is 1. The highest BCUT2D eigenvalue weighted by Gasteiger charge is 2.39. The van der Waals surface area contributed by atoms with Crippen molar-refractivity contribution in [2.24, 2.45) is 5.92 Å². The summed E-state index contributed by atoms with van der Waals surface area (Å²) in [4.78, 5) is 0.446. The fourth-order valence-corrected chi connectivity index (χ4v) is 4.30. The second-order valence-corrected chi connectivity index (χ2v) is 7.39. The van der Waals surface area contributed by atoms with Gasteiger partial charge < -0.3 is 5.32 Å². The Morgan fingerprint density at radius 1 is 1.24 bits per heavy atom. The molecule has 2 N–H and O–H groups in total. The Morgan fingerprint density at radius 3 is 2.57 bits per heavy atom. The molecule has 0 saturated heterocycles. The molecule has 1 fully saturated rings. The second kappa shape index (κ2) is 6.90. The summed E-state index contributed by atoms with van der Waals surface area (Å²) in [5, 5.41) is 3.23. The first-order valence-corrected chi connectivity index (χ1v) is 9.35. The van der Waals surface area contributed by atoms with E-state index in [2.05, 4.69) is 17.0 Å². The maximum Gasteiger partial charge on any atom is 0.241 e. The van der Waals surface area contributed by atoms with Crippen LogP contribution in [0.4, 0.5) is 0 Å². The van der Waals surface area contributed by atoms with Crippen molar-refractivity contribution in [3.8, 4) is 0 Å². The van der Waals surface area contributed by atoms with Gasteiger partial charge in [0.05, 0.1) is 4.90 Å². The lowest BCUT2D eigenvalue weighted by atomic mass is 10.1. The second-order valence-electron chi connectivity index (χ2n) is 5.71. The van der Waals surface area contributed by atoms with E-state index in [0.29, 0.717) is 17.4 Å². The zero-order chi connectivity index (χ0) is 15.5. The summed E-state index contributed by atoms with van der Waals surface area (Å²) in [5.41, 5.74) is 1.90. The van der Waals surface area contributed by atoms with Crippen LogP contribution >= 0.6 is 0 Å². The van der Waals surface area contributed by atoms with Gasteiger partial charge in [0.15, 0.2) is 0 Å². The van der Waals surface area contributed by atoms with Crippen LogP contribution in [0.5, 0.6) is 0 Å². The molecule has 1 saturated carbocycles. The molecule has 0 aliphatic heterocycles. The minimum Gasteiger partial charge on any atom is -0.313 e. The van der Waals surface area contributed by atoms with Crippen LogP contribution in [0.25, 0.3) is 0 Å². The van der Waals surface area contributed by atoms with E-state index in [0.717, 1.165) is 36.9 Å². The third-order valence-corrected chi connectivity index (χ3v) is 5.71. The van der Waals surface area contributed by atoms with E-state index in [1.54, 1.807) is 0 Å². The lowest BCUT2D eigenvalue weighted by Crippen LogP contribution is -2.28. The van der Waals surface area contributed by atoms with Crippen molar-refractivity contribution in [3.63, 3.8) is 0 Å². The Morgan fingerprint density at radius 2 is 2.00 bits per heavy atom. The van der Waals surface area contributed by atoms with Crippen molar-refractivity contribution in [2.75, 3.05) is 6.54 Å². The van der Waals surface area contributed by atoms with Crippen LogP contribution in [-0.2, 0) is 23.0 Å². The van der Waals surface area contributed by atoms with Crippen molar-refractivity contribution in [1.29, 1.82) is 0 Å². The summed E-state index contributed by atoms with van der Waals surface area (Å²) >= 11 is 0. The summed E-state index contributed by atoms with van der Waals surface area (Å²) in [6, 6.07) is 5.88. The fraction of sp³-hybridized carbons (Fsp3) is 0.625. The van der Waals surface area contributed by atoms with Crippen LogP contribution in [0.15, 0.2) is 23.1 Å². The molecule has 1 aliphatic rings. The number of benzene rings is 1. The number of hydrogen-bond acceptors (Lipinski definition) is 3. The number of nitrogens with one attached hydrogen (secondary N) is 2. The van der Waals surface area contributed by atoms with Gasteiger partial charge in [-0.3, -0.25) is 0 Å². The van der Waals surface area contributed by atoms with E-state index in [4.69, 9.17) is 0 Å². The van der Waals surface area contributed by atoms with Gasteiger partial charge in [0.25, 0.3) is 0 Å². The third-order valence-electron chi connectivity index (χ3n) is 4.13. The highest BCUT2D eigenvalue weighted by molar-refractivity contribution is 7.89. The molecular weight excluding hydrogens is 284 g/mol. The van der Waals surface area contributed by atoms with E-state index < -0.39 is 10.0 Å². The van der Waals surface area contributed by atoms with Gasteiger partial charge in [-0.15, -0.1) is 0 Å². The maximum absolute atomic E-state index is 12.6. The van der Waals surface area contributed by atoms with Gasteiger partial charge >= 0.3 is 0 Å². The summed E-state index contributed by atoms with van der Waals surface area (Å²) < 4.78 is 28.1. The van der Waals surface area contributed by atoms with Crippen molar-refractivity contribution in [2.45, 2.75) is 57.5 Å². The lowest BCUT2D eigenvalue weighted by Gasteiger charge is -2.13. The lowest BCUT2D eigenvalue weighted by molar-refractivity contribution is 0.574. The van der Waals surface area contributed by atoms with Crippen molar-refractivity contribution in [1.82, 2.24) is 10.0 Å². The molecule has 4 nitrogen and oxygen atoms in total. The van der Waals surface area contributed by atoms with Crippen LogP contribution < -0.4 is 10.0 Å². The molecule has 0 spiro atoms. The van der Waals surface area contributed by atoms with Gasteiger partial charge in [0, 0.05) is 12.6 Å². The normalized spacial score (nSPS) is 21.5. The summed E-state index contributed by atoms with van der Waals surface area (Å²) in [6.45, 7) is 7.70. The van der Waals surface area contributed by atoms with Crippen LogP contribution in [0.1, 0.15) is 44.7 Å². The first-order valence-electron chi connectivity index (χ1n) is 7.86. The topological polar surface area (TPSA) is 58.2 Å². The molecule has 5 heteroatoms. The van der Waals surface area contributed by atoms with Crippen LogP contribution in [0.3, 0.4) is 0 Å². The van der Waals surface area contributed by atoms with E-state index >= 15 is 0 Å². The molecule has 2 unspecified atom stereocenters. The predicted octanol–water partition coefficient (Wildman–Crippen LogP) is 2.44. The molecule has 2 rings (SSSR count). The maximum atomic E-state index is 12.6. The highest BCUT2D eigenvalue weighted by atomic mass is 32.2. The van der Waals surface area contributed by atoms with Crippen molar-refractivity contribution in [3.05, 3.63) is 29.3 Å². The van der Waals surface area contributed by atoms with Crippen molar-refractivity contribution < 1.29 is 8.42 Å². The average Bonchev–Trinajstić information content (AvgIpc) is 3.22. The Kier molecular flexibility index (Phi) is 5.41. The standard InChI is InChI=1S/C16H26N2O2S/c1-4-13-8-7-12(11-17-6-3)9-16(13)21(19,20)18-15-10-14(15)5-2/h7-9,14-15,17-18H,4-6,10-11H2,1-3H3. The van der Waals surface area contributed by atoms with Gasteiger partial charge in [-0.2, -0.15) is 0 Å². The van der Waals surface area contributed by atoms with Gasteiger partial charge in [0.2, 0.25) is 10.0 Å². The first kappa shape index (κ1) is 16.5. The van der Waals surface area contributed by atoms with Crippen LogP contribution in [0, 0.1) is 5.92 Å². The average molecular weight is 310 g/mol. The highest BCUT2D eigenvalue weighted by Crippen LogP contribution is 2.34. The van der Waals surface area contributed by atoms with Crippen molar-refractivity contribution >= 4 is 10.0 Å². The van der Waals surface area contributed by atoms with Crippen LogP contribution in [0.2, 0.25) is 0 Å². The molecule has 0 amide bonds. The molecule has 118 valence electrons. The smallest absolute Gasteiger partial charge is 0.241 e. The number of hydrogen-bond donors (Lipinski definition) is 2. The first-order chi connectivity index (χ1) is 10.0. The minimum absolute atomic E-state index is 0.127. The molecular formula is C16H26N2O2S. The monoisotopic (exact) mass is 310 g/mol. The Bertz CT molecular complexity index is 584. The summed E-state index contributed by atoms with van der Waals surface area (Å²) in [7, 11) is -3.41. The summed E-state index contributed by atoms with van der Waals surface area (Å²) in [6.07, 6.45) is 2.72. The van der Waals surface area contributed by atoms with Gasteiger partial charge in [-0.1, -0.05) is 39.3 Å². The Labute approximate surface area is 128 Å². The van der Waals surface area contributed by atoms with Gasteiger partial charge in [-0.25, -0.2) is 13.1 Å². The quantitative estimate of drug-likeness (QED) is 0.775. The zero-order valence-corrected chi connectivity index (χ0v) is 14.0. The third kappa shape index (κ3) is 4.05. The molecule has 21 heavy (non-hydrogen) atoms. The minimum atomic E-state index is -3.41. The molecule has 1 aliphatic carbocycles. The van der Waals surface area contributed by atoms with E-state index in [-0.39, 0.29) is 6.04 Å². The fourth-order valence-electron chi connectivity index (χ4n) is 2.63. The molecule has 1 aromatic carbocycles. The Balaban J connectivity index is 2.22. The SMILES string of the molecule is CCNCc1ccc(CC)c(S(=O)(=O)NC2CC2CC)c1. The largest absolute Gasteiger partial charge is 0.313 e. The van der Waals surface area contributed by atoms with E-state index in [1.165, 1.54) is 0 Å². The van der Waals surface area contributed by atoms with Gasteiger partial charge in [0.1, 0.15) is 0 Å². The Hall–Kier alpha value is -0.910. The molecule has 0 aromatic heterocycles. The van der Waals surface area contributed by atoms with E-state index in [9.17, 15) is 8.42 Å². The zero-order valence-electron chi connectivity index (χ0n) is 13.1. The molecule has 0 radical (unpaired) electrons. The molecule has 2 atom stereocenters.